The van der Waals surface area contributed by atoms with Crippen LogP contribution in [0.25, 0.3) is 151 Å². The van der Waals surface area contributed by atoms with Gasteiger partial charge in [-0.3, -0.25) is 9.13 Å². The molecular formula is C70H32F12N6S2. The zero-order valence-electron chi connectivity index (χ0n) is 45.5. The Labute approximate surface area is 504 Å². The van der Waals surface area contributed by atoms with Gasteiger partial charge >= 0.3 is 24.7 Å². The molecule has 438 valence electrons. The van der Waals surface area contributed by atoms with E-state index in [2.05, 4.69) is 6.07 Å². The molecule has 0 spiro atoms. The molecule has 0 N–H and O–H groups in total. The molecule has 0 amide bonds. The van der Waals surface area contributed by atoms with E-state index in [-0.39, 0.29) is 55.2 Å². The number of hydrogen-bond acceptors (Lipinski definition) is 4. The summed E-state index contributed by atoms with van der Waals surface area (Å²) in [7, 11) is 0. The molecule has 17 aromatic rings. The number of para-hydroxylation sites is 2. The summed E-state index contributed by atoms with van der Waals surface area (Å²) in [6.45, 7) is 0. The number of rotatable bonds is 4. The topological polar surface area (TPSA) is 56.4 Å². The summed E-state index contributed by atoms with van der Waals surface area (Å²) in [5.41, 5.74) is -6.22. The predicted octanol–water partition coefficient (Wildman–Crippen LogP) is 22.2. The number of pyridine rings is 1. The molecule has 0 bridgehead atoms. The average molecular weight is 1250 g/mol. The van der Waals surface area contributed by atoms with Gasteiger partial charge in [-0.25, -0.2) is 4.98 Å². The van der Waals surface area contributed by atoms with E-state index in [0.29, 0.717) is 53.0 Å². The molecule has 0 radical (unpaired) electrons. The second kappa shape index (κ2) is 18.4. The van der Waals surface area contributed by atoms with Crippen LogP contribution in [0.1, 0.15) is 27.8 Å². The van der Waals surface area contributed by atoms with E-state index in [1.54, 1.807) is 45.5 Å². The van der Waals surface area contributed by atoms with Crippen molar-refractivity contribution in [3.63, 3.8) is 0 Å². The third-order valence-electron chi connectivity index (χ3n) is 17.3. The minimum absolute atomic E-state index is 0.00244. The maximum atomic E-state index is 15.4. The van der Waals surface area contributed by atoms with Gasteiger partial charge in [0.15, 0.2) is 11.6 Å². The van der Waals surface area contributed by atoms with Crippen LogP contribution in [0.3, 0.4) is 0 Å². The van der Waals surface area contributed by atoms with Crippen LogP contribution in [0, 0.1) is 11.3 Å². The van der Waals surface area contributed by atoms with Crippen LogP contribution in [0.4, 0.5) is 52.7 Å². The van der Waals surface area contributed by atoms with E-state index < -0.39 is 63.9 Å². The number of alkyl halides is 12. The van der Waals surface area contributed by atoms with E-state index in [9.17, 15) is 5.26 Å². The van der Waals surface area contributed by atoms with E-state index in [1.807, 2.05) is 84.9 Å². The molecule has 0 unspecified atom stereocenters. The van der Waals surface area contributed by atoms with Crippen LogP contribution in [0.5, 0.6) is 0 Å². The lowest BCUT2D eigenvalue weighted by Gasteiger charge is -2.24. The Balaban J connectivity index is 1.20. The van der Waals surface area contributed by atoms with Crippen molar-refractivity contribution < 1.29 is 52.7 Å². The first-order valence-electron chi connectivity index (χ1n) is 27.8. The Morgan fingerprint density at radius 2 is 0.600 bits per heavy atom. The fraction of sp³-hybridized carbons (Fsp3) is 0.0571. The largest absolute Gasteiger partial charge is 0.416 e. The zero-order chi connectivity index (χ0) is 61.8. The number of nitrogens with zero attached hydrogens (tertiary/aromatic N) is 6. The zero-order valence-corrected chi connectivity index (χ0v) is 47.1. The monoisotopic (exact) mass is 1250 g/mol. The highest BCUT2D eigenvalue weighted by molar-refractivity contribution is 7.27. The van der Waals surface area contributed by atoms with Gasteiger partial charge in [0.1, 0.15) is 23.0 Å². The predicted molar refractivity (Wildman–Crippen MR) is 332 cm³/mol. The summed E-state index contributed by atoms with van der Waals surface area (Å²) >= 11 is 2.80. The van der Waals surface area contributed by atoms with Crippen molar-refractivity contribution in [3.8, 4) is 29.1 Å². The molecule has 7 aromatic heterocycles. The summed E-state index contributed by atoms with van der Waals surface area (Å²) in [5, 5.41) is 18.4. The molecule has 20 heteroatoms. The van der Waals surface area contributed by atoms with Gasteiger partial charge in [-0.15, -0.1) is 22.7 Å². The van der Waals surface area contributed by atoms with Gasteiger partial charge in [0.25, 0.3) is 0 Å². The summed E-state index contributed by atoms with van der Waals surface area (Å²) < 4.78 is 193. The van der Waals surface area contributed by atoms with E-state index in [0.717, 1.165) is 113 Å². The number of hydrogen-bond donors (Lipinski definition) is 0. The van der Waals surface area contributed by atoms with Gasteiger partial charge < -0.3 is 9.13 Å². The Hall–Kier alpha value is -10.4. The fourth-order valence-electron chi connectivity index (χ4n) is 13.5. The van der Waals surface area contributed by atoms with Crippen LogP contribution < -0.4 is 0 Å². The molecule has 0 aliphatic carbocycles. The highest BCUT2D eigenvalue weighted by Crippen LogP contribution is 2.51. The number of benzene rings is 10. The molecule has 0 saturated carbocycles. The molecule has 0 aliphatic rings. The van der Waals surface area contributed by atoms with Crippen molar-refractivity contribution in [2.75, 3.05) is 0 Å². The van der Waals surface area contributed by atoms with Crippen molar-refractivity contribution in [2.24, 2.45) is 0 Å². The lowest BCUT2D eigenvalue weighted by Crippen LogP contribution is -2.17. The van der Waals surface area contributed by atoms with Gasteiger partial charge in [-0.1, -0.05) is 121 Å². The lowest BCUT2D eigenvalue weighted by atomic mass is 10.1. The number of thiophene rings is 2. The highest BCUT2D eigenvalue weighted by atomic mass is 32.1. The normalized spacial score (nSPS) is 13.1. The molecule has 7 heterocycles. The molecule has 0 fully saturated rings. The quantitative estimate of drug-likeness (QED) is 0.165. The number of nitriles is 1. The van der Waals surface area contributed by atoms with E-state index >= 15 is 52.7 Å². The van der Waals surface area contributed by atoms with Crippen molar-refractivity contribution in [2.45, 2.75) is 24.7 Å². The molecule has 0 saturated heterocycles. The molecular weight excluding hydrogens is 1220 g/mol. The van der Waals surface area contributed by atoms with Crippen LogP contribution >= 0.6 is 22.7 Å². The summed E-state index contributed by atoms with van der Waals surface area (Å²) in [6, 6.07) is 49.9. The lowest BCUT2D eigenvalue weighted by molar-refractivity contribution is -0.138. The number of halogens is 12. The van der Waals surface area contributed by atoms with Gasteiger partial charge in [-0.2, -0.15) is 57.9 Å². The highest BCUT2D eigenvalue weighted by Gasteiger charge is 2.39. The van der Waals surface area contributed by atoms with E-state index in [4.69, 9.17) is 4.98 Å². The van der Waals surface area contributed by atoms with Gasteiger partial charge in [0.2, 0.25) is 0 Å². The standard InChI is InChI=1S/C70H32F12N6S2/c71-67(72,73)34-17-21-40-41-22-18-35(68(74,75)76)30-54(41)85(53(40)29-34)61-50(33-83)62(86-55-31-36(69(77,78)79)19-23-42(55)43-24-20-37(32-56(43)86)70(80,81)82)66(88-52-14-6-2-10-39(52)47-26-28-49-45-12-4-8-16-58(45)90-64(49)60(47)88)84-65(61)87-51-13-5-1-9-38(51)46-25-27-48-44-11-3-7-15-57(44)89-63(48)59(46)87/h1-32H. The second-order valence-corrected chi connectivity index (χ2v) is 24.2. The van der Waals surface area contributed by atoms with Crippen molar-refractivity contribution in [1.29, 1.82) is 5.26 Å². The van der Waals surface area contributed by atoms with Crippen molar-refractivity contribution in [3.05, 3.63) is 222 Å². The van der Waals surface area contributed by atoms with Crippen LogP contribution in [0.15, 0.2) is 194 Å². The third-order valence-corrected chi connectivity index (χ3v) is 19.7. The van der Waals surface area contributed by atoms with Gasteiger partial charge in [0.05, 0.1) is 75.8 Å². The van der Waals surface area contributed by atoms with Gasteiger partial charge in [0, 0.05) is 74.0 Å². The minimum Gasteiger partial charge on any atom is -0.305 e. The number of aromatic nitrogens is 5. The van der Waals surface area contributed by atoms with E-state index in [1.165, 1.54) is 22.7 Å². The third kappa shape index (κ3) is 7.56. The Bertz CT molecular complexity index is 5570. The Kier molecular flexibility index (Phi) is 11.0. The first-order valence-corrected chi connectivity index (χ1v) is 29.4. The molecule has 17 rings (SSSR count). The average Bonchev–Trinajstić information content (AvgIpc) is 1.55. The van der Waals surface area contributed by atoms with Crippen molar-refractivity contribution >= 4 is 150 Å². The Morgan fingerprint density at radius 3 is 0.933 bits per heavy atom. The Morgan fingerprint density at radius 1 is 0.311 bits per heavy atom. The summed E-state index contributed by atoms with van der Waals surface area (Å²) in [4.78, 5) is 5.77. The number of fused-ring (bicyclic) bond motifs is 20. The maximum Gasteiger partial charge on any atom is 0.416 e. The van der Waals surface area contributed by atoms with Gasteiger partial charge in [-0.05, 0) is 72.8 Å². The fourth-order valence-corrected chi connectivity index (χ4v) is 16.0. The molecule has 6 nitrogen and oxygen atoms in total. The molecule has 0 aliphatic heterocycles. The van der Waals surface area contributed by atoms with Crippen molar-refractivity contribution in [1.82, 2.24) is 23.3 Å². The molecule has 10 aromatic carbocycles. The minimum atomic E-state index is -5.07. The second-order valence-electron chi connectivity index (χ2n) is 22.1. The van der Waals surface area contributed by atoms with Crippen LogP contribution in [0.2, 0.25) is 0 Å². The molecule has 90 heavy (non-hydrogen) atoms. The maximum absolute atomic E-state index is 15.4. The first-order chi connectivity index (χ1) is 43.2. The molecule has 0 atom stereocenters. The van der Waals surface area contributed by atoms with Crippen LogP contribution in [-0.2, 0) is 24.7 Å². The SMILES string of the molecule is N#Cc1c(-n2c3cc(C(F)(F)F)ccc3c3ccc(C(F)(F)F)cc32)c(-n2c3ccccc3c3ccc4c5ccccc5sc4c32)nc(-n2c3ccccc3c3ccc4c5ccccc5sc4c32)c1-n1c2cc(C(F)(F)F)ccc2c2ccc(C(F)(F)F)cc21. The first kappa shape index (κ1) is 53.8. The smallest absolute Gasteiger partial charge is 0.305 e. The van der Waals surface area contributed by atoms with Crippen LogP contribution in [-0.4, -0.2) is 23.3 Å². The summed E-state index contributed by atoms with van der Waals surface area (Å²) in [5.74, 6) is -0.505. The summed E-state index contributed by atoms with van der Waals surface area (Å²) in [6.07, 6.45) is -20.3.